The largest absolute Gasteiger partial charge is 0.494 e. The van der Waals surface area contributed by atoms with Crippen molar-refractivity contribution in [1.82, 2.24) is 0 Å². The Balaban J connectivity index is 2.06. The molecule has 2 aromatic rings. The molecular weight excluding hydrogens is 272 g/mol. The molecule has 0 aliphatic heterocycles. The second-order valence-corrected chi connectivity index (χ2v) is 5.42. The lowest BCUT2D eigenvalue weighted by atomic mass is 10.1. The molecule has 0 unspecified atom stereocenters. The van der Waals surface area contributed by atoms with Crippen LogP contribution in [0.25, 0.3) is 0 Å². The van der Waals surface area contributed by atoms with Crippen LogP contribution < -0.4 is 4.74 Å². The maximum Gasteiger partial charge on any atom is 0.159 e. The van der Waals surface area contributed by atoms with Crippen molar-refractivity contribution in [1.29, 1.82) is 0 Å². The van der Waals surface area contributed by atoms with Gasteiger partial charge < -0.3 is 9.47 Å². The first-order valence-corrected chi connectivity index (χ1v) is 7.45. The number of hydrogen-bond donors (Lipinski definition) is 0. The lowest BCUT2D eigenvalue weighted by Gasteiger charge is -2.11. The first-order chi connectivity index (χ1) is 9.70. The van der Waals surface area contributed by atoms with Crippen molar-refractivity contribution in [2.24, 2.45) is 0 Å². The lowest BCUT2D eigenvalue weighted by Crippen LogP contribution is -2.02. The number of ether oxygens (including phenoxy) is 2. The van der Waals surface area contributed by atoms with Gasteiger partial charge in [-0.3, -0.25) is 4.79 Å². The molecule has 0 saturated carbocycles. The van der Waals surface area contributed by atoms with Gasteiger partial charge in [0.25, 0.3) is 0 Å². The first-order valence-electron chi connectivity index (χ1n) is 6.57. The van der Waals surface area contributed by atoms with E-state index in [1.165, 1.54) is 4.88 Å². The van der Waals surface area contributed by atoms with E-state index in [2.05, 4.69) is 0 Å². The van der Waals surface area contributed by atoms with Crippen LogP contribution in [0.3, 0.4) is 0 Å². The summed E-state index contributed by atoms with van der Waals surface area (Å²) in [6, 6.07) is 9.52. The third kappa shape index (κ3) is 3.92. The second kappa shape index (κ2) is 7.22. The number of ketones is 1. The standard InChI is InChI=1S/C16H18O3S/c1-3-19-16-7-6-13(12(2)17)9-14(16)10-18-11-15-5-4-8-20-15/h4-9H,3,10-11H2,1-2H3. The topological polar surface area (TPSA) is 35.5 Å². The third-order valence-electron chi connectivity index (χ3n) is 2.85. The van der Waals surface area contributed by atoms with Gasteiger partial charge in [0.15, 0.2) is 5.78 Å². The van der Waals surface area contributed by atoms with Crippen molar-refractivity contribution < 1.29 is 14.3 Å². The molecule has 3 nitrogen and oxygen atoms in total. The van der Waals surface area contributed by atoms with Crippen LogP contribution in [0.15, 0.2) is 35.7 Å². The fourth-order valence-electron chi connectivity index (χ4n) is 1.86. The number of thiophene rings is 1. The van der Waals surface area contributed by atoms with Gasteiger partial charge in [-0.2, -0.15) is 0 Å². The SMILES string of the molecule is CCOc1ccc(C(C)=O)cc1COCc1cccs1. The number of rotatable bonds is 7. The predicted molar refractivity (Wildman–Crippen MR) is 80.4 cm³/mol. The summed E-state index contributed by atoms with van der Waals surface area (Å²) in [5, 5.41) is 2.03. The molecule has 0 N–H and O–H groups in total. The van der Waals surface area contributed by atoms with Crippen LogP contribution in [0, 0.1) is 0 Å². The van der Waals surface area contributed by atoms with Crippen molar-refractivity contribution in [3.05, 3.63) is 51.7 Å². The fourth-order valence-corrected chi connectivity index (χ4v) is 2.50. The van der Waals surface area contributed by atoms with Crippen molar-refractivity contribution in [2.75, 3.05) is 6.61 Å². The summed E-state index contributed by atoms with van der Waals surface area (Å²) in [6.45, 7) is 5.11. The van der Waals surface area contributed by atoms with Crippen molar-refractivity contribution in [3.63, 3.8) is 0 Å². The zero-order valence-electron chi connectivity index (χ0n) is 11.7. The Kier molecular flexibility index (Phi) is 5.32. The molecule has 106 valence electrons. The molecule has 2 rings (SSSR count). The van der Waals surface area contributed by atoms with Crippen LogP contribution in [0.2, 0.25) is 0 Å². The molecule has 1 heterocycles. The van der Waals surface area contributed by atoms with E-state index in [1.807, 2.05) is 36.6 Å². The van der Waals surface area contributed by atoms with Gasteiger partial charge in [0.1, 0.15) is 5.75 Å². The predicted octanol–water partition coefficient (Wildman–Crippen LogP) is 4.07. The first kappa shape index (κ1) is 14.8. The highest BCUT2D eigenvalue weighted by Crippen LogP contribution is 2.22. The average Bonchev–Trinajstić information content (AvgIpc) is 2.93. The maximum absolute atomic E-state index is 11.4. The number of carbonyl (C=O) groups excluding carboxylic acids is 1. The van der Waals surface area contributed by atoms with E-state index < -0.39 is 0 Å². The summed E-state index contributed by atoms with van der Waals surface area (Å²) < 4.78 is 11.3. The monoisotopic (exact) mass is 290 g/mol. The Morgan fingerprint density at radius 1 is 1.25 bits per heavy atom. The number of benzene rings is 1. The van der Waals surface area contributed by atoms with E-state index in [0.717, 1.165) is 11.3 Å². The Hall–Kier alpha value is -1.65. The highest BCUT2D eigenvalue weighted by molar-refractivity contribution is 7.09. The van der Waals surface area contributed by atoms with Gasteiger partial charge in [0, 0.05) is 16.0 Å². The molecule has 0 aliphatic rings. The Bertz CT molecular complexity index is 561. The number of carbonyl (C=O) groups is 1. The molecule has 0 radical (unpaired) electrons. The van der Waals surface area contributed by atoms with Gasteiger partial charge >= 0.3 is 0 Å². The van der Waals surface area contributed by atoms with Crippen LogP contribution in [0.5, 0.6) is 5.75 Å². The zero-order valence-corrected chi connectivity index (χ0v) is 12.5. The van der Waals surface area contributed by atoms with E-state index in [0.29, 0.717) is 25.4 Å². The summed E-state index contributed by atoms with van der Waals surface area (Å²) in [6.07, 6.45) is 0. The molecule has 0 fully saturated rings. The van der Waals surface area contributed by atoms with Crippen molar-refractivity contribution in [3.8, 4) is 5.75 Å². The summed E-state index contributed by atoms with van der Waals surface area (Å²) in [5.41, 5.74) is 1.60. The summed E-state index contributed by atoms with van der Waals surface area (Å²) in [4.78, 5) is 12.6. The molecule has 4 heteroatoms. The number of Topliss-reactive ketones (excluding diaryl/α,β-unsaturated/α-hetero) is 1. The van der Waals surface area contributed by atoms with E-state index in [9.17, 15) is 4.79 Å². The molecule has 0 saturated heterocycles. The van der Waals surface area contributed by atoms with E-state index in [4.69, 9.17) is 9.47 Å². The van der Waals surface area contributed by atoms with Crippen LogP contribution in [-0.4, -0.2) is 12.4 Å². The van der Waals surface area contributed by atoms with Crippen molar-refractivity contribution in [2.45, 2.75) is 27.1 Å². The Morgan fingerprint density at radius 2 is 2.10 bits per heavy atom. The van der Waals surface area contributed by atoms with Crippen LogP contribution in [0.1, 0.15) is 34.6 Å². The molecule has 0 spiro atoms. The van der Waals surface area contributed by atoms with E-state index >= 15 is 0 Å². The van der Waals surface area contributed by atoms with Gasteiger partial charge in [0.05, 0.1) is 19.8 Å². The molecule has 0 atom stereocenters. The summed E-state index contributed by atoms with van der Waals surface area (Å²) in [5.74, 6) is 0.830. The average molecular weight is 290 g/mol. The molecular formula is C16H18O3S. The quantitative estimate of drug-likeness (QED) is 0.721. The van der Waals surface area contributed by atoms with Crippen LogP contribution in [-0.2, 0) is 18.0 Å². The van der Waals surface area contributed by atoms with Gasteiger partial charge in [-0.05, 0) is 43.5 Å². The van der Waals surface area contributed by atoms with Gasteiger partial charge in [-0.1, -0.05) is 6.07 Å². The van der Waals surface area contributed by atoms with E-state index in [-0.39, 0.29) is 5.78 Å². The second-order valence-electron chi connectivity index (χ2n) is 4.38. The molecule has 20 heavy (non-hydrogen) atoms. The van der Waals surface area contributed by atoms with Gasteiger partial charge in [-0.25, -0.2) is 0 Å². The van der Waals surface area contributed by atoms with Gasteiger partial charge in [-0.15, -0.1) is 11.3 Å². The molecule has 1 aromatic carbocycles. The van der Waals surface area contributed by atoms with E-state index in [1.54, 1.807) is 24.3 Å². The summed E-state index contributed by atoms with van der Waals surface area (Å²) in [7, 11) is 0. The minimum atomic E-state index is 0.0487. The fraction of sp³-hybridized carbons (Fsp3) is 0.312. The van der Waals surface area contributed by atoms with Crippen molar-refractivity contribution >= 4 is 17.1 Å². The molecule has 0 aliphatic carbocycles. The van der Waals surface area contributed by atoms with Gasteiger partial charge in [0.2, 0.25) is 0 Å². The minimum Gasteiger partial charge on any atom is -0.494 e. The minimum absolute atomic E-state index is 0.0487. The zero-order chi connectivity index (χ0) is 14.4. The number of hydrogen-bond acceptors (Lipinski definition) is 4. The highest BCUT2D eigenvalue weighted by Gasteiger charge is 2.08. The third-order valence-corrected chi connectivity index (χ3v) is 3.70. The molecule has 1 aromatic heterocycles. The lowest BCUT2D eigenvalue weighted by molar-refractivity contribution is 0.101. The molecule has 0 amide bonds. The van der Waals surface area contributed by atoms with Crippen LogP contribution >= 0.6 is 11.3 Å². The highest BCUT2D eigenvalue weighted by atomic mass is 32.1. The summed E-state index contributed by atoms with van der Waals surface area (Å²) >= 11 is 1.67. The normalized spacial score (nSPS) is 10.5. The Morgan fingerprint density at radius 3 is 2.75 bits per heavy atom. The smallest absolute Gasteiger partial charge is 0.159 e. The Labute approximate surface area is 123 Å². The van der Waals surface area contributed by atoms with Crippen LogP contribution in [0.4, 0.5) is 0 Å². The maximum atomic E-state index is 11.4. The molecule has 0 bridgehead atoms.